The highest BCUT2D eigenvalue weighted by molar-refractivity contribution is 5.89. The van der Waals surface area contributed by atoms with E-state index in [1.54, 1.807) is 24.3 Å². The average molecular weight is 273 g/mol. The number of carbonyl (C=O) groups is 1. The number of nitriles is 1. The first kappa shape index (κ1) is 13.7. The van der Waals surface area contributed by atoms with Gasteiger partial charge in [0.25, 0.3) is 0 Å². The van der Waals surface area contributed by atoms with Gasteiger partial charge in [0.2, 0.25) is 0 Å². The van der Waals surface area contributed by atoms with Crippen molar-refractivity contribution in [1.29, 1.82) is 5.26 Å². The first-order valence-electron chi connectivity index (χ1n) is 5.72. The second-order valence-electron chi connectivity index (χ2n) is 3.97. The van der Waals surface area contributed by atoms with Crippen molar-refractivity contribution >= 4 is 5.97 Å². The summed E-state index contributed by atoms with van der Waals surface area (Å²) >= 11 is 0. The maximum atomic E-state index is 13.4. The van der Waals surface area contributed by atoms with E-state index in [0.717, 1.165) is 12.1 Å². The van der Waals surface area contributed by atoms with Crippen molar-refractivity contribution in [2.24, 2.45) is 0 Å². The summed E-state index contributed by atoms with van der Waals surface area (Å²) in [5.41, 5.74) is 0.548. The molecule has 0 heterocycles. The quantitative estimate of drug-likeness (QED) is 0.807. The molecule has 2 rings (SSSR count). The minimum atomic E-state index is -0.983. The molecule has 0 unspecified atom stereocenters. The van der Waals surface area contributed by atoms with Crippen LogP contribution in [0, 0.1) is 23.0 Å². The molecule has 0 N–H and O–H groups in total. The van der Waals surface area contributed by atoms with Crippen LogP contribution in [0.2, 0.25) is 0 Å². The highest BCUT2D eigenvalue weighted by Gasteiger charge is 2.14. The molecule has 0 saturated carbocycles. The van der Waals surface area contributed by atoms with E-state index in [4.69, 9.17) is 10.00 Å². The second-order valence-corrected chi connectivity index (χ2v) is 3.97. The van der Waals surface area contributed by atoms with Gasteiger partial charge in [-0.05, 0) is 18.2 Å². The van der Waals surface area contributed by atoms with Crippen LogP contribution in [0.3, 0.4) is 0 Å². The molecular weight excluding hydrogens is 264 g/mol. The average Bonchev–Trinajstić information content (AvgIpc) is 2.45. The third-order valence-corrected chi connectivity index (χ3v) is 2.65. The zero-order valence-corrected chi connectivity index (χ0v) is 10.3. The van der Waals surface area contributed by atoms with E-state index in [0.29, 0.717) is 17.2 Å². The molecule has 2 aromatic rings. The fraction of sp³-hybridized carbons (Fsp3) is 0.0667. The minimum Gasteiger partial charge on any atom is -0.457 e. The molecule has 0 amide bonds. The van der Waals surface area contributed by atoms with Gasteiger partial charge in [-0.1, -0.05) is 18.2 Å². The molecule has 0 aliphatic carbocycles. The van der Waals surface area contributed by atoms with Crippen LogP contribution in [0.25, 0.3) is 0 Å². The summed E-state index contributed by atoms with van der Waals surface area (Å²) < 4.78 is 31.0. The molecule has 5 heteroatoms. The van der Waals surface area contributed by atoms with Crippen molar-refractivity contribution in [1.82, 2.24) is 0 Å². The van der Waals surface area contributed by atoms with Crippen LogP contribution in [0.5, 0.6) is 0 Å². The summed E-state index contributed by atoms with van der Waals surface area (Å²) in [6.07, 6.45) is 0. The largest absolute Gasteiger partial charge is 0.457 e. The Bertz CT molecular complexity index is 693. The second kappa shape index (κ2) is 5.93. The zero-order valence-electron chi connectivity index (χ0n) is 10.3. The summed E-state index contributed by atoms with van der Waals surface area (Å²) in [5.74, 6) is -2.66. The number of esters is 1. The zero-order chi connectivity index (χ0) is 14.5. The molecule has 100 valence electrons. The van der Waals surface area contributed by atoms with E-state index in [1.807, 2.05) is 6.07 Å². The van der Waals surface area contributed by atoms with Gasteiger partial charge in [-0.3, -0.25) is 0 Å². The Kier molecular flexibility index (Phi) is 4.06. The van der Waals surface area contributed by atoms with Gasteiger partial charge in [-0.25, -0.2) is 13.6 Å². The lowest BCUT2D eigenvalue weighted by molar-refractivity contribution is 0.0467. The predicted octanol–water partition coefficient (Wildman–Crippen LogP) is 3.19. The normalized spacial score (nSPS) is 9.85. The first-order chi connectivity index (χ1) is 9.61. The SMILES string of the molecule is N#Cc1ccccc1COC(=O)c1ccc(F)cc1F. The van der Waals surface area contributed by atoms with Crippen molar-refractivity contribution in [3.63, 3.8) is 0 Å². The highest BCUT2D eigenvalue weighted by atomic mass is 19.1. The highest BCUT2D eigenvalue weighted by Crippen LogP contribution is 2.13. The van der Waals surface area contributed by atoms with E-state index in [9.17, 15) is 13.6 Å². The Morgan fingerprint density at radius 1 is 1.20 bits per heavy atom. The van der Waals surface area contributed by atoms with Gasteiger partial charge in [0.1, 0.15) is 18.2 Å². The lowest BCUT2D eigenvalue weighted by Crippen LogP contribution is -2.08. The molecule has 0 spiro atoms. The predicted molar refractivity (Wildman–Crippen MR) is 66.6 cm³/mol. The Labute approximate surface area is 114 Å². The van der Waals surface area contributed by atoms with Gasteiger partial charge in [0.15, 0.2) is 0 Å². The summed E-state index contributed by atoms with van der Waals surface area (Å²) in [7, 11) is 0. The van der Waals surface area contributed by atoms with E-state index < -0.39 is 17.6 Å². The number of hydrogen-bond acceptors (Lipinski definition) is 3. The molecule has 0 aliphatic heterocycles. The summed E-state index contributed by atoms with van der Waals surface area (Å²) in [5, 5.41) is 8.88. The molecule has 0 aliphatic rings. The van der Waals surface area contributed by atoms with Crippen LogP contribution in [-0.4, -0.2) is 5.97 Å². The maximum absolute atomic E-state index is 13.4. The monoisotopic (exact) mass is 273 g/mol. The minimum absolute atomic E-state index is 0.153. The molecule has 0 saturated heterocycles. The number of carbonyl (C=O) groups excluding carboxylic acids is 1. The molecule has 0 fully saturated rings. The van der Waals surface area contributed by atoms with Crippen molar-refractivity contribution in [2.75, 3.05) is 0 Å². The van der Waals surface area contributed by atoms with Gasteiger partial charge >= 0.3 is 5.97 Å². The third-order valence-electron chi connectivity index (χ3n) is 2.65. The number of hydrogen-bond donors (Lipinski definition) is 0. The Morgan fingerprint density at radius 2 is 1.95 bits per heavy atom. The van der Waals surface area contributed by atoms with Crippen molar-refractivity contribution < 1.29 is 18.3 Å². The van der Waals surface area contributed by atoms with Crippen LogP contribution < -0.4 is 0 Å². The van der Waals surface area contributed by atoms with Gasteiger partial charge in [-0.15, -0.1) is 0 Å². The lowest BCUT2D eigenvalue weighted by atomic mass is 10.1. The van der Waals surface area contributed by atoms with E-state index in [2.05, 4.69) is 0 Å². The van der Waals surface area contributed by atoms with Gasteiger partial charge in [-0.2, -0.15) is 5.26 Å². The maximum Gasteiger partial charge on any atom is 0.341 e. The van der Waals surface area contributed by atoms with Gasteiger partial charge < -0.3 is 4.74 Å². The number of ether oxygens (including phenoxy) is 1. The summed E-state index contributed by atoms with van der Waals surface area (Å²) in [6, 6.07) is 11.2. The lowest BCUT2D eigenvalue weighted by Gasteiger charge is -2.07. The van der Waals surface area contributed by atoms with Crippen LogP contribution in [0.4, 0.5) is 8.78 Å². The fourth-order valence-electron chi connectivity index (χ4n) is 1.63. The number of nitrogens with zero attached hydrogens (tertiary/aromatic N) is 1. The van der Waals surface area contributed by atoms with Crippen LogP contribution in [0.15, 0.2) is 42.5 Å². The molecular formula is C15H9F2NO2. The van der Waals surface area contributed by atoms with Crippen LogP contribution in [-0.2, 0) is 11.3 Å². The molecule has 20 heavy (non-hydrogen) atoms. The van der Waals surface area contributed by atoms with Crippen LogP contribution in [0.1, 0.15) is 21.5 Å². The van der Waals surface area contributed by atoms with Crippen molar-refractivity contribution in [2.45, 2.75) is 6.61 Å². The summed E-state index contributed by atoms with van der Waals surface area (Å²) in [4.78, 5) is 11.7. The fourth-order valence-corrected chi connectivity index (χ4v) is 1.63. The third kappa shape index (κ3) is 2.98. The van der Waals surface area contributed by atoms with Gasteiger partial charge in [0.05, 0.1) is 17.2 Å². The molecule has 0 atom stereocenters. The number of halogens is 2. The molecule has 0 radical (unpaired) electrons. The van der Waals surface area contributed by atoms with E-state index in [-0.39, 0.29) is 12.2 Å². The first-order valence-corrected chi connectivity index (χ1v) is 5.72. The topological polar surface area (TPSA) is 50.1 Å². The molecule has 2 aromatic carbocycles. The Hall–Kier alpha value is -2.74. The van der Waals surface area contributed by atoms with E-state index in [1.165, 1.54) is 0 Å². The Balaban J connectivity index is 2.11. The summed E-state index contributed by atoms with van der Waals surface area (Å²) in [6.45, 7) is -0.153. The number of benzene rings is 2. The molecule has 0 aromatic heterocycles. The van der Waals surface area contributed by atoms with Crippen LogP contribution >= 0.6 is 0 Å². The van der Waals surface area contributed by atoms with Crippen molar-refractivity contribution in [3.8, 4) is 6.07 Å². The standard InChI is InChI=1S/C15H9F2NO2/c16-12-5-6-13(14(17)7-12)15(19)20-9-11-4-2-1-3-10(11)8-18/h1-7H,9H2. The molecule has 3 nitrogen and oxygen atoms in total. The van der Waals surface area contributed by atoms with Crippen molar-refractivity contribution in [3.05, 3.63) is 70.8 Å². The van der Waals surface area contributed by atoms with E-state index >= 15 is 0 Å². The smallest absolute Gasteiger partial charge is 0.341 e. The molecule has 0 bridgehead atoms. The van der Waals surface area contributed by atoms with Gasteiger partial charge in [0, 0.05) is 11.6 Å². The Morgan fingerprint density at radius 3 is 2.65 bits per heavy atom. The number of rotatable bonds is 3.